The van der Waals surface area contributed by atoms with E-state index in [1.165, 1.54) is 11.3 Å². The monoisotopic (exact) mass is 366 g/mol. The first-order valence-corrected chi connectivity index (χ1v) is 8.90. The molecule has 0 saturated carbocycles. The average Bonchev–Trinajstić information content (AvgIpc) is 2.90. The third-order valence-corrected chi connectivity index (χ3v) is 4.72. The van der Waals surface area contributed by atoms with E-state index in [4.69, 9.17) is 9.47 Å². The topological polar surface area (TPSA) is 93.7 Å². The maximum absolute atomic E-state index is 12.3. The van der Waals surface area contributed by atoms with Gasteiger partial charge in [0.05, 0.1) is 29.5 Å². The van der Waals surface area contributed by atoms with E-state index in [2.05, 4.69) is 10.6 Å². The van der Waals surface area contributed by atoms with Gasteiger partial charge in [0.15, 0.2) is 0 Å². The van der Waals surface area contributed by atoms with Crippen LogP contribution in [0.3, 0.4) is 0 Å². The summed E-state index contributed by atoms with van der Waals surface area (Å²) >= 11 is 1.51. The van der Waals surface area contributed by atoms with Crippen LogP contribution in [-0.4, -0.2) is 37.2 Å². The molecule has 2 N–H and O–H groups in total. The fourth-order valence-corrected chi connectivity index (χ4v) is 3.54. The van der Waals surface area contributed by atoms with Crippen molar-refractivity contribution in [2.45, 2.75) is 40.2 Å². The van der Waals surface area contributed by atoms with Crippen molar-refractivity contribution in [3.05, 3.63) is 32.7 Å². The number of rotatable bonds is 6. The van der Waals surface area contributed by atoms with Crippen LogP contribution >= 0.6 is 11.3 Å². The van der Waals surface area contributed by atoms with Gasteiger partial charge in [-0.15, -0.1) is 11.3 Å². The molecule has 2 rings (SSSR count). The number of esters is 2. The summed E-state index contributed by atoms with van der Waals surface area (Å²) < 4.78 is 10.4. The Balaban J connectivity index is 2.22. The zero-order valence-corrected chi connectivity index (χ0v) is 15.5. The highest BCUT2D eigenvalue weighted by atomic mass is 32.1. The number of urea groups is 1. The number of nitrogens with one attached hydrogen (secondary N) is 2. The van der Waals surface area contributed by atoms with Gasteiger partial charge in [0.25, 0.3) is 0 Å². The molecule has 0 bridgehead atoms. The van der Waals surface area contributed by atoms with Gasteiger partial charge >= 0.3 is 18.0 Å². The molecular formula is C17H22N2O5S. The molecule has 1 aromatic rings. The van der Waals surface area contributed by atoms with Crippen LogP contribution < -0.4 is 10.6 Å². The number of hydrogen-bond acceptors (Lipinski definition) is 6. The van der Waals surface area contributed by atoms with E-state index in [0.29, 0.717) is 12.0 Å². The lowest BCUT2D eigenvalue weighted by atomic mass is 10.0. The Labute approximate surface area is 150 Å². The minimum absolute atomic E-state index is 0.203. The van der Waals surface area contributed by atoms with Crippen molar-refractivity contribution in [2.75, 3.05) is 13.2 Å². The molecule has 1 aliphatic heterocycles. The number of carbonyl (C=O) groups is 3. The zero-order chi connectivity index (χ0) is 18.6. The molecule has 0 aromatic carbocycles. The molecule has 0 aliphatic carbocycles. The Morgan fingerprint density at radius 3 is 2.48 bits per heavy atom. The summed E-state index contributed by atoms with van der Waals surface area (Å²) in [5.74, 6) is -1.02. The van der Waals surface area contributed by atoms with E-state index < -0.39 is 24.0 Å². The molecule has 0 radical (unpaired) electrons. The van der Waals surface area contributed by atoms with Crippen molar-refractivity contribution in [2.24, 2.45) is 0 Å². The van der Waals surface area contributed by atoms with Gasteiger partial charge in [0.1, 0.15) is 6.61 Å². The van der Waals surface area contributed by atoms with Crippen molar-refractivity contribution in [1.29, 1.82) is 0 Å². The van der Waals surface area contributed by atoms with E-state index >= 15 is 0 Å². The van der Waals surface area contributed by atoms with Gasteiger partial charge in [-0.2, -0.15) is 0 Å². The van der Waals surface area contributed by atoms with Crippen LogP contribution in [0.1, 0.15) is 40.4 Å². The fraction of sp³-hybridized carbons (Fsp3) is 0.471. The van der Waals surface area contributed by atoms with Crippen molar-refractivity contribution < 1.29 is 23.9 Å². The zero-order valence-electron chi connectivity index (χ0n) is 14.7. The van der Waals surface area contributed by atoms with Crippen LogP contribution in [0.25, 0.3) is 0 Å². The van der Waals surface area contributed by atoms with Crippen LogP contribution in [0, 0.1) is 13.8 Å². The molecule has 0 saturated heterocycles. The second-order valence-corrected chi connectivity index (χ2v) is 7.04. The number of hydrogen-bond donors (Lipinski definition) is 2. The first kappa shape index (κ1) is 19.0. The molecule has 1 atom stereocenters. The number of aryl methyl sites for hydroxylation is 2. The molecule has 1 aliphatic rings. The smallest absolute Gasteiger partial charge is 0.339 e. The molecule has 7 nitrogen and oxygen atoms in total. The second kappa shape index (κ2) is 8.15. The molecule has 0 spiro atoms. The number of thiophene rings is 1. The van der Waals surface area contributed by atoms with Crippen molar-refractivity contribution >= 4 is 29.3 Å². The summed E-state index contributed by atoms with van der Waals surface area (Å²) in [5, 5.41) is 5.22. The molecule has 136 valence electrons. The SMILES string of the molecule is CCOC(=O)C1=C(COC(=O)c2cc(C)sc2C)NC(=O)N[C@@H]1CC. The lowest BCUT2D eigenvalue weighted by molar-refractivity contribution is -0.139. The van der Waals surface area contributed by atoms with Gasteiger partial charge < -0.3 is 20.1 Å². The van der Waals surface area contributed by atoms with Gasteiger partial charge in [0, 0.05) is 9.75 Å². The number of carbonyl (C=O) groups excluding carboxylic acids is 3. The number of amides is 2. The first-order chi connectivity index (χ1) is 11.9. The van der Waals surface area contributed by atoms with Gasteiger partial charge in [-0.3, -0.25) is 0 Å². The second-order valence-electron chi connectivity index (χ2n) is 5.58. The third-order valence-electron chi connectivity index (χ3n) is 3.76. The van der Waals surface area contributed by atoms with Crippen LogP contribution in [0.2, 0.25) is 0 Å². The Hall–Kier alpha value is -2.35. The normalized spacial score (nSPS) is 17.0. The lowest BCUT2D eigenvalue weighted by Gasteiger charge is -2.28. The highest BCUT2D eigenvalue weighted by Gasteiger charge is 2.32. The quantitative estimate of drug-likeness (QED) is 0.754. The highest BCUT2D eigenvalue weighted by molar-refractivity contribution is 7.12. The van der Waals surface area contributed by atoms with Crippen LogP contribution in [0.15, 0.2) is 17.3 Å². The Morgan fingerprint density at radius 2 is 1.92 bits per heavy atom. The molecule has 0 fully saturated rings. The number of ether oxygens (including phenoxy) is 2. The molecule has 2 heterocycles. The van der Waals surface area contributed by atoms with E-state index in [1.54, 1.807) is 13.0 Å². The highest BCUT2D eigenvalue weighted by Crippen LogP contribution is 2.22. The van der Waals surface area contributed by atoms with Gasteiger partial charge in [0.2, 0.25) is 0 Å². The predicted octanol–water partition coefficient (Wildman–Crippen LogP) is 2.43. The molecule has 0 unspecified atom stereocenters. The lowest BCUT2D eigenvalue weighted by Crippen LogP contribution is -2.51. The van der Waals surface area contributed by atoms with Crippen LogP contribution in [-0.2, 0) is 14.3 Å². The maximum Gasteiger partial charge on any atom is 0.339 e. The molecular weight excluding hydrogens is 344 g/mol. The molecule has 25 heavy (non-hydrogen) atoms. The van der Waals surface area contributed by atoms with Crippen molar-refractivity contribution in [3.8, 4) is 0 Å². The standard InChI is InChI=1S/C17H22N2O5S/c1-5-12-14(16(21)23-6-2)13(19-17(22)18-12)8-24-15(20)11-7-9(3)25-10(11)4/h7,12H,5-6,8H2,1-4H3,(H2,18,19,22)/t12-/m1/s1. The minimum Gasteiger partial charge on any atom is -0.463 e. The summed E-state index contributed by atoms with van der Waals surface area (Å²) in [6.07, 6.45) is 0.516. The van der Waals surface area contributed by atoms with Gasteiger partial charge in [-0.05, 0) is 33.3 Å². The Morgan fingerprint density at radius 1 is 1.20 bits per heavy atom. The fourth-order valence-electron chi connectivity index (χ4n) is 2.62. The average molecular weight is 366 g/mol. The van der Waals surface area contributed by atoms with Crippen LogP contribution in [0.4, 0.5) is 4.79 Å². The Bertz CT molecular complexity index is 723. The van der Waals surface area contributed by atoms with E-state index in [9.17, 15) is 14.4 Å². The molecule has 1 aromatic heterocycles. The largest absolute Gasteiger partial charge is 0.463 e. The summed E-state index contributed by atoms with van der Waals surface area (Å²) in [7, 11) is 0. The molecule has 2 amide bonds. The summed E-state index contributed by atoms with van der Waals surface area (Å²) in [6, 6.07) is 0.846. The minimum atomic E-state index is -0.532. The van der Waals surface area contributed by atoms with E-state index in [-0.39, 0.29) is 24.5 Å². The Kier molecular flexibility index (Phi) is 6.19. The van der Waals surface area contributed by atoms with Crippen molar-refractivity contribution in [3.63, 3.8) is 0 Å². The summed E-state index contributed by atoms with van der Waals surface area (Å²) in [6.45, 7) is 7.32. The van der Waals surface area contributed by atoms with Gasteiger partial charge in [-0.1, -0.05) is 6.92 Å². The summed E-state index contributed by atoms with van der Waals surface area (Å²) in [4.78, 5) is 38.2. The van der Waals surface area contributed by atoms with E-state index in [0.717, 1.165) is 9.75 Å². The van der Waals surface area contributed by atoms with Crippen LogP contribution in [0.5, 0.6) is 0 Å². The van der Waals surface area contributed by atoms with Gasteiger partial charge in [-0.25, -0.2) is 14.4 Å². The van der Waals surface area contributed by atoms with Crippen molar-refractivity contribution in [1.82, 2.24) is 10.6 Å². The molecule has 8 heteroatoms. The predicted molar refractivity (Wildman–Crippen MR) is 93.5 cm³/mol. The third kappa shape index (κ3) is 4.39. The van der Waals surface area contributed by atoms with E-state index in [1.807, 2.05) is 20.8 Å². The summed E-state index contributed by atoms with van der Waals surface area (Å²) in [5.41, 5.74) is 1.04. The first-order valence-electron chi connectivity index (χ1n) is 8.09. The maximum atomic E-state index is 12.3.